The molecular weight excluding hydrogens is 306 g/mol. The number of likely N-dealkylation sites (N-methyl/N-ethyl adjacent to an activating group) is 1. The Morgan fingerprint density at radius 3 is 2.71 bits per heavy atom. The molecule has 0 amide bonds. The van der Waals surface area contributed by atoms with Crippen LogP contribution in [0.15, 0.2) is 24.4 Å². The second-order valence-electron chi connectivity index (χ2n) is 6.06. The number of benzene rings is 1. The van der Waals surface area contributed by atoms with Crippen molar-refractivity contribution in [3.8, 4) is 22.8 Å². The van der Waals surface area contributed by atoms with Crippen molar-refractivity contribution in [1.82, 2.24) is 20.1 Å². The van der Waals surface area contributed by atoms with Crippen molar-refractivity contribution in [3.05, 3.63) is 24.4 Å². The summed E-state index contributed by atoms with van der Waals surface area (Å²) >= 11 is 0. The Balaban J connectivity index is 1.89. The Morgan fingerprint density at radius 1 is 1.21 bits per heavy atom. The molecule has 0 saturated carbocycles. The van der Waals surface area contributed by atoms with E-state index in [0.717, 1.165) is 36.5 Å². The Bertz CT molecular complexity index is 707. The van der Waals surface area contributed by atoms with Crippen LogP contribution in [0.3, 0.4) is 0 Å². The van der Waals surface area contributed by atoms with E-state index < -0.39 is 0 Å². The van der Waals surface area contributed by atoms with Gasteiger partial charge in [-0.1, -0.05) is 0 Å². The summed E-state index contributed by atoms with van der Waals surface area (Å²) in [4.78, 5) is 9.11. The molecule has 2 heterocycles. The molecule has 0 N–H and O–H groups in total. The second kappa shape index (κ2) is 7.00. The monoisotopic (exact) mass is 329 g/mol. The van der Waals surface area contributed by atoms with Crippen molar-refractivity contribution in [2.45, 2.75) is 12.5 Å². The van der Waals surface area contributed by atoms with E-state index in [1.807, 2.05) is 18.2 Å². The van der Waals surface area contributed by atoms with E-state index in [0.29, 0.717) is 17.7 Å². The molecule has 1 unspecified atom stereocenters. The van der Waals surface area contributed by atoms with E-state index >= 15 is 0 Å². The fraction of sp³-hybridized carbons (Fsp3) is 0.471. The average Bonchev–Trinajstić information content (AvgIpc) is 3.11. The summed E-state index contributed by atoms with van der Waals surface area (Å²) in [5, 5.41) is 8.35. The van der Waals surface area contributed by atoms with Crippen molar-refractivity contribution in [1.29, 1.82) is 0 Å². The molecule has 7 nitrogen and oxygen atoms in total. The van der Waals surface area contributed by atoms with E-state index in [4.69, 9.17) is 14.5 Å². The van der Waals surface area contributed by atoms with Gasteiger partial charge < -0.3 is 19.3 Å². The van der Waals surface area contributed by atoms with Gasteiger partial charge in [-0.3, -0.25) is 0 Å². The van der Waals surface area contributed by atoms with Crippen LogP contribution in [0.4, 0.5) is 5.95 Å². The molecule has 0 bridgehead atoms. The van der Waals surface area contributed by atoms with Crippen LogP contribution in [0.25, 0.3) is 11.3 Å². The fourth-order valence-corrected chi connectivity index (χ4v) is 2.91. The van der Waals surface area contributed by atoms with Gasteiger partial charge in [0.15, 0.2) is 0 Å². The summed E-state index contributed by atoms with van der Waals surface area (Å²) in [6.07, 6.45) is 2.76. The van der Waals surface area contributed by atoms with E-state index in [2.05, 4.69) is 34.1 Å². The Morgan fingerprint density at radius 2 is 2.04 bits per heavy atom. The number of hydrogen-bond acceptors (Lipinski definition) is 7. The number of methoxy groups -OCH3 is 2. The summed E-state index contributed by atoms with van der Waals surface area (Å²) in [6.45, 7) is 1.85. The van der Waals surface area contributed by atoms with E-state index in [1.54, 1.807) is 20.4 Å². The number of hydrogen-bond donors (Lipinski definition) is 0. The minimum atomic E-state index is 0.521. The normalized spacial score (nSPS) is 17.4. The lowest BCUT2D eigenvalue weighted by atomic mass is 10.1. The van der Waals surface area contributed by atoms with Crippen LogP contribution < -0.4 is 14.4 Å². The Kier molecular flexibility index (Phi) is 4.80. The van der Waals surface area contributed by atoms with Crippen LogP contribution in [-0.2, 0) is 0 Å². The molecule has 1 aliphatic rings. The van der Waals surface area contributed by atoms with Crippen molar-refractivity contribution in [2.75, 3.05) is 46.3 Å². The number of aromatic nitrogens is 3. The predicted molar refractivity (Wildman–Crippen MR) is 92.7 cm³/mol. The standard InChI is InChI=1S/C17H23N5O2/c1-21(2)12-7-8-22(11-12)17-19-15(10-18-20-17)14-6-5-13(23-3)9-16(14)24-4/h5-6,9-10,12H,7-8,11H2,1-4H3. The molecule has 0 radical (unpaired) electrons. The van der Waals surface area contributed by atoms with Crippen LogP contribution in [0, 0.1) is 0 Å². The first-order chi connectivity index (χ1) is 11.6. The first-order valence-corrected chi connectivity index (χ1v) is 7.96. The summed E-state index contributed by atoms with van der Waals surface area (Å²) in [7, 11) is 7.47. The zero-order valence-corrected chi connectivity index (χ0v) is 14.6. The Hall–Kier alpha value is -2.41. The van der Waals surface area contributed by atoms with Gasteiger partial charge in [0.25, 0.3) is 0 Å². The highest BCUT2D eigenvalue weighted by Crippen LogP contribution is 2.32. The van der Waals surface area contributed by atoms with Gasteiger partial charge >= 0.3 is 0 Å². The summed E-state index contributed by atoms with van der Waals surface area (Å²) < 4.78 is 10.7. The van der Waals surface area contributed by atoms with E-state index in [9.17, 15) is 0 Å². The molecular formula is C17H23N5O2. The third-order valence-electron chi connectivity index (χ3n) is 4.41. The highest BCUT2D eigenvalue weighted by molar-refractivity contribution is 5.68. The third kappa shape index (κ3) is 3.26. The topological polar surface area (TPSA) is 63.6 Å². The van der Waals surface area contributed by atoms with Crippen LogP contribution in [0.1, 0.15) is 6.42 Å². The van der Waals surface area contributed by atoms with Crippen LogP contribution in [-0.4, -0.2) is 67.5 Å². The maximum atomic E-state index is 5.47. The quantitative estimate of drug-likeness (QED) is 0.827. The number of anilines is 1. The number of rotatable bonds is 5. The van der Waals surface area contributed by atoms with Gasteiger partial charge in [0.05, 0.1) is 26.1 Å². The van der Waals surface area contributed by atoms with Crippen molar-refractivity contribution >= 4 is 5.95 Å². The van der Waals surface area contributed by atoms with Crippen LogP contribution in [0.2, 0.25) is 0 Å². The van der Waals surface area contributed by atoms with Gasteiger partial charge in [-0.25, -0.2) is 4.98 Å². The van der Waals surface area contributed by atoms with Gasteiger partial charge in [0, 0.05) is 30.8 Å². The van der Waals surface area contributed by atoms with Gasteiger partial charge in [-0.05, 0) is 32.6 Å². The molecule has 1 aliphatic heterocycles. The second-order valence-corrected chi connectivity index (χ2v) is 6.06. The summed E-state index contributed by atoms with van der Waals surface area (Å²) in [5.74, 6) is 2.11. The maximum Gasteiger partial charge on any atom is 0.245 e. The first kappa shape index (κ1) is 16.4. The average molecular weight is 329 g/mol. The number of ether oxygens (including phenoxy) is 2. The largest absolute Gasteiger partial charge is 0.497 e. The van der Waals surface area contributed by atoms with Crippen LogP contribution >= 0.6 is 0 Å². The lowest BCUT2D eigenvalue weighted by Gasteiger charge is -2.20. The number of nitrogens with zero attached hydrogens (tertiary/aromatic N) is 5. The Labute approximate surface area is 142 Å². The molecule has 1 aromatic heterocycles. The molecule has 1 fully saturated rings. The molecule has 1 saturated heterocycles. The molecule has 0 spiro atoms. The molecule has 1 atom stereocenters. The van der Waals surface area contributed by atoms with E-state index in [-0.39, 0.29) is 0 Å². The predicted octanol–water partition coefficient (Wildman–Crippen LogP) is 1.70. The molecule has 128 valence electrons. The zero-order chi connectivity index (χ0) is 17.1. The fourth-order valence-electron chi connectivity index (χ4n) is 2.91. The minimum absolute atomic E-state index is 0.521. The molecule has 7 heteroatoms. The van der Waals surface area contributed by atoms with E-state index in [1.165, 1.54) is 0 Å². The zero-order valence-electron chi connectivity index (χ0n) is 14.6. The lowest BCUT2D eigenvalue weighted by Crippen LogP contribution is -2.32. The highest BCUT2D eigenvalue weighted by Gasteiger charge is 2.26. The molecule has 3 rings (SSSR count). The van der Waals surface area contributed by atoms with Crippen LogP contribution in [0.5, 0.6) is 11.5 Å². The SMILES string of the molecule is COc1ccc(-c2cnnc(N3CCC(N(C)C)C3)n2)c(OC)c1. The van der Waals surface area contributed by atoms with Crippen molar-refractivity contribution in [2.24, 2.45) is 0 Å². The minimum Gasteiger partial charge on any atom is -0.497 e. The van der Waals surface area contributed by atoms with Gasteiger partial charge in [0.1, 0.15) is 11.5 Å². The maximum absolute atomic E-state index is 5.47. The van der Waals surface area contributed by atoms with Crippen molar-refractivity contribution in [3.63, 3.8) is 0 Å². The third-order valence-corrected chi connectivity index (χ3v) is 4.41. The smallest absolute Gasteiger partial charge is 0.245 e. The van der Waals surface area contributed by atoms with Crippen molar-refractivity contribution < 1.29 is 9.47 Å². The first-order valence-electron chi connectivity index (χ1n) is 7.96. The van der Waals surface area contributed by atoms with Gasteiger partial charge in [0.2, 0.25) is 5.95 Å². The van der Waals surface area contributed by atoms with Gasteiger partial charge in [-0.2, -0.15) is 5.10 Å². The lowest BCUT2D eigenvalue weighted by molar-refractivity contribution is 0.315. The summed E-state index contributed by atoms with van der Waals surface area (Å²) in [5.41, 5.74) is 1.62. The molecule has 0 aliphatic carbocycles. The van der Waals surface area contributed by atoms with Gasteiger partial charge in [-0.15, -0.1) is 5.10 Å². The highest BCUT2D eigenvalue weighted by atomic mass is 16.5. The summed E-state index contributed by atoms with van der Waals surface area (Å²) in [6, 6.07) is 6.18. The molecule has 1 aromatic carbocycles. The molecule has 2 aromatic rings. The molecule has 24 heavy (non-hydrogen) atoms.